The Morgan fingerprint density at radius 2 is 1.76 bits per heavy atom. The average molecular weight is 645 g/mol. The lowest BCUT2D eigenvalue weighted by atomic mass is 10.1. The standard InChI is InChI=1S/C27H26Cl2F3N5O4S/c1-2-22(25(38)34-15-16-11-12-33-24(13-16)36-26(39)35-19-6-7-19)37(42(40,41)20-8-4-18(28)5-9-20)23-14-17(27(30,31)32)3-10-21(23)29/h3-5,8-14,19,22H,2,6-7,15H2,1H3,(H,34,38)(H2,33,35,36,39). The molecular weight excluding hydrogens is 618 g/mol. The van der Waals surface area contributed by atoms with Crippen molar-refractivity contribution < 1.29 is 31.2 Å². The van der Waals surface area contributed by atoms with Gasteiger partial charge < -0.3 is 10.6 Å². The molecule has 15 heteroatoms. The molecule has 3 N–H and O–H groups in total. The van der Waals surface area contributed by atoms with Crippen LogP contribution in [-0.4, -0.2) is 37.4 Å². The summed E-state index contributed by atoms with van der Waals surface area (Å²) in [5.74, 6) is -0.559. The lowest BCUT2D eigenvalue weighted by molar-refractivity contribution is -0.137. The number of rotatable bonds is 10. The summed E-state index contributed by atoms with van der Waals surface area (Å²) in [6, 6.07) is 8.56. The van der Waals surface area contributed by atoms with E-state index in [2.05, 4.69) is 20.9 Å². The number of hydrogen-bond donors (Lipinski definition) is 3. The van der Waals surface area contributed by atoms with Crippen LogP contribution >= 0.6 is 23.2 Å². The van der Waals surface area contributed by atoms with Gasteiger partial charge in [-0.1, -0.05) is 30.1 Å². The first kappa shape index (κ1) is 31.4. The van der Waals surface area contributed by atoms with E-state index in [1.165, 1.54) is 43.5 Å². The number of nitrogens with one attached hydrogen (secondary N) is 3. The molecule has 2 aromatic carbocycles. The molecule has 0 spiro atoms. The summed E-state index contributed by atoms with van der Waals surface area (Å²) in [5.41, 5.74) is -1.13. The molecule has 1 atom stereocenters. The highest BCUT2D eigenvalue weighted by Crippen LogP contribution is 2.39. The zero-order chi connectivity index (χ0) is 30.7. The quantitative estimate of drug-likeness (QED) is 0.251. The van der Waals surface area contributed by atoms with Crippen LogP contribution in [0.3, 0.4) is 0 Å². The number of carbonyl (C=O) groups excluding carboxylic acids is 2. The highest BCUT2D eigenvalue weighted by molar-refractivity contribution is 7.93. The van der Waals surface area contributed by atoms with E-state index in [0.29, 0.717) is 15.9 Å². The zero-order valence-electron chi connectivity index (χ0n) is 22.1. The molecule has 1 unspecified atom stereocenters. The van der Waals surface area contributed by atoms with Gasteiger partial charge in [0.2, 0.25) is 5.91 Å². The summed E-state index contributed by atoms with van der Waals surface area (Å²) >= 11 is 12.2. The number of carbonyl (C=O) groups is 2. The summed E-state index contributed by atoms with van der Waals surface area (Å²) in [5, 5.41) is 7.93. The van der Waals surface area contributed by atoms with Gasteiger partial charge in [-0.25, -0.2) is 18.2 Å². The smallest absolute Gasteiger partial charge is 0.350 e. The van der Waals surface area contributed by atoms with Gasteiger partial charge in [-0.15, -0.1) is 0 Å². The number of amides is 3. The molecule has 224 valence electrons. The number of halogens is 5. The summed E-state index contributed by atoms with van der Waals surface area (Å²) < 4.78 is 69.2. The van der Waals surface area contributed by atoms with E-state index in [-0.39, 0.29) is 39.8 Å². The minimum absolute atomic E-state index is 0.0953. The molecule has 3 amide bonds. The number of sulfonamides is 1. The van der Waals surface area contributed by atoms with Gasteiger partial charge in [0.15, 0.2) is 0 Å². The number of pyridine rings is 1. The van der Waals surface area contributed by atoms with Crippen molar-refractivity contribution in [1.82, 2.24) is 15.6 Å². The van der Waals surface area contributed by atoms with Crippen LogP contribution in [0, 0.1) is 0 Å². The molecular formula is C27H26Cl2F3N5O4S. The van der Waals surface area contributed by atoms with E-state index in [1.54, 1.807) is 6.07 Å². The lowest BCUT2D eigenvalue weighted by Gasteiger charge is -2.32. The first-order chi connectivity index (χ1) is 19.8. The fraction of sp³-hybridized carbons (Fsp3) is 0.296. The number of anilines is 2. The van der Waals surface area contributed by atoms with Crippen LogP contribution in [0.4, 0.5) is 29.5 Å². The lowest BCUT2D eigenvalue weighted by Crippen LogP contribution is -2.49. The highest BCUT2D eigenvalue weighted by atomic mass is 35.5. The average Bonchev–Trinajstić information content (AvgIpc) is 3.74. The summed E-state index contributed by atoms with van der Waals surface area (Å²) in [6.45, 7) is 1.42. The maximum Gasteiger partial charge on any atom is 0.416 e. The van der Waals surface area contributed by atoms with Crippen LogP contribution in [0.15, 0.2) is 65.7 Å². The van der Waals surface area contributed by atoms with Crippen LogP contribution in [0.1, 0.15) is 37.3 Å². The van der Waals surface area contributed by atoms with Gasteiger partial charge in [-0.05, 0) is 79.4 Å². The first-order valence-corrected chi connectivity index (χ1v) is 15.0. The van der Waals surface area contributed by atoms with E-state index in [9.17, 15) is 31.2 Å². The van der Waals surface area contributed by atoms with Gasteiger partial charge in [0.05, 0.1) is 21.2 Å². The Kier molecular flexibility index (Phi) is 9.53. The molecule has 3 aromatic rings. The monoisotopic (exact) mass is 643 g/mol. The van der Waals surface area contributed by atoms with Crippen molar-refractivity contribution in [3.8, 4) is 0 Å². The molecule has 0 radical (unpaired) electrons. The van der Waals surface area contributed by atoms with Crippen molar-refractivity contribution in [3.05, 3.63) is 82.0 Å². The van der Waals surface area contributed by atoms with Gasteiger partial charge in [0, 0.05) is 23.8 Å². The number of hydrogen-bond acceptors (Lipinski definition) is 5. The number of alkyl halides is 3. The van der Waals surface area contributed by atoms with E-state index in [4.69, 9.17) is 23.2 Å². The van der Waals surface area contributed by atoms with E-state index >= 15 is 0 Å². The molecule has 1 saturated carbocycles. The topological polar surface area (TPSA) is 120 Å². The van der Waals surface area contributed by atoms with Gasteiger partial charge in [0.1, 0.15) is 11.9 Å². The Labute approximate surface area is 250 Å². The molecule has 1 aliphatic carbocycles. The molecule has 4 rings (SSSR count). The zero-order valence-corrected chi connectivity index (χ0v) is 24.4. The van der Waals surface area contributed by atoms with Gasteiger partial charge >= 0.3 is 12.2 Å². The van der Waals surface area contributed by atoms with Gasteiger partial charge in [-0.3, -0.25) is 14.4 Å². The second kappa shape index (κ2) is 12.8. The predicted molar refractivity (Wildman–Crippen MR) is 153 cm³/mol. The van der Waals surface area contributed by atoms with Gasteiger partial charge in [0.25, 0.3) is 10.0 Å². The van der Waals surface area contributed by atoms with Crippen LogP contribution in [0.5, 0.6) is 0 Å². The van der Waals surface area contributed by atoms with Crippen LogP contribution in [-0.2, 0) is 27.5 Å². The third-order valence-corrected chi connectivity index (χ3v) is 8.71. The number of urea groups is 1. The Morgan fingerprint density at radius 1 is 1.07 bits per heavy atom. The van der Waals surface area contributed by atoms with Crippen molar-refractivity contribution in [2.24, 2.45) is 0 Å². The van der Waals surface area contributed by atoms with Crippen LogP contribution < -0.4 is 20.3 Å². The van der Waals surface area contributed by atoms with Crippen molar-refractivity contribution in [2.75, 3.05) is 9.62 Å². The van der Waals surface area contributed by atoms with E-state index < -0.39 is 45.4 Å². The Morgan fingerprint density at radius 3 is 2.38 bits per heavy atom. The second-order valence-electron chi connectivity index (χ2n) is 9.48. The molecule has 9 nitrogen and oxygen atoms in total. The maximum absolute atomic E-state index is 13.9. The molecule has 1 fully saturated rings. The molecule has 0 aliphatic heterocycles. The second-order valence-corrected chi connectivity index (χ2v) is 12.1. The molecule has 0 bridgehead atoms. The summed E-state index contributed by atoms with van der Waals surface area (Å²) in [4.78, 5) is 29.3. The Bertz CT molecular complexity index is 1570. The fourth-order valence-electron chi connectivity index (χ4n) is 4.03. The summed E-state index contributed by atoms with van der Waals surface area (Å²) in [7, 11) is -4.62. The van der Waals surface area contributed by atoms with Crippen LogP contribution in [0.25, 0.3) is 0 Å². The summed E-state index contributed by atoms with van der Waals surface area (Å²) in [6.07, 6.45) is -1.69. The third-order valence-electron chi connectivity index (χ3n) is 6.30. The fourth-order valence-corrected chi connectivity index (χ4v) is 6.11. The normalized spacial score (nSPS) is 14.1. The number of benzene rings is 2. The highest BCUT2D eigenvalue weighted by Gasteiger charge is 2.39. The van der Waals surface area contributed by atoms with Crippen molar-refractivity contribution in [1.29, 1.82) is 0 Å². The van der Waals surface area contributed by atoms with Crippen LogP contribution in [0.2, 0.25) is 10.0 Å². The van der Waals surface area contributed by atoms with E-state index in [1.807, 2.05) is 0 Å². The van der Waals surface area contributed by atoms with Gasteiger partial charge in [-0.2, -0.15) is 13.2 Å². The van der Waals surface area contributed by atoms with E-state index in [0.717, 1.165) is 25.0 Å². The van der Waals surface area contributed by atoms with Crippen molar-refractivity contribution in [2.45, 2.75) is 55.9 Å². The maximum atomic E-state index is 13.9. The number of nitrogens with zero attached hydrogens (tertiary/aromatic N) is 2. The minimum Gasteiger partial charge on any atom is -0.350 e. The van der Waals surface area contributed by atoms with Crippen molar-refractivity contribution >= 4 is 56.7 Å². The largest absolute Gasteiger partial charge is 0.416 e. The Hall–Kier alpha value is -3.55. The Balaban J connectivity index is 1.64. The first-order valence-electron chi connectivity index (χ1n) is 12.8. The predicted octanol–water partition coefficient (Wildman–Crippen LogP) is 5.98. The molecule has 0 saturated heterocycles. The third kappa shape index (κ3) is 7.64. The molecule has 42 heavy (non-hydrogen) atoms. The molecule has 1 aliphatic rings. The number of aromatic nitrogens is 1. The SMILES string of the molecule is CCC(C(=O)NCc1ccnc(NC(=O)NC2CC2)c1)N(c1cc(C(F)(F)F)ccc1Cl)S(=O)(=O)c1ccc(Cl)cc1. The minimum atomic E-state index is -4.80. The molecule has 1 aromatic heterocycles. The van der Waals surface area contributed by atoms with Crippen molar-refractivity contribution in [3.63, 3.8) is 0 Å². The molecule has 1 heterocycles.